The molecule has 19 heavy (non-hydrogen) atoms. The lowest BCUT2D eigenvalue weighted by molar-refractivity contribution is 0.363. The Hall–Kier alpha value is -1.02. The van der Waals surface area contributed by atoms with Crippen LogP contribution in [0.4, 0.5) is 5.69 Å². The molecule has 0 atom stereocenters. The maximum atomic E-state index is 3.81. The van der Waals surface area contributed by atoms with E-state index in [9.17, 15) is 0 Å². The second kappa shape index (κ2) is 5.54. The van der Waals surface area contributed by atoms with Gasteiger partial charge in [0.15, 0.2) is 0 Å². The number of para-hydroxylation sites is 1. The van der Waals surface area contributed by atoms with Crippen molar-refractivity contribution in [3.05, 3.63) is 29.8 Å². The standard InChI is InChI=1S/C17H26N2/c1-17(10-4-5-11-17)18-14-15-8-2-3-9-16(15)19-12-6-7-13-19/h2-3,8-9,18H,4-7,10-14H2,1H3. The van der Waals surface area contributed by atoms with Crippen LogP contribution in [0.5, 0.6) is 0 Å². The molecule has 104 valence electrons. The van der Waals surface area contributed by atoms with Gasteiger partial charge in [0.2, 0.25) is 0 Å². The van der Waals surface area contributed by atoms with E-state index in [4.69, 9.17) is 0 Å². The molecule has 2 fully saturated rings. The highest BCUT2D eigenvalue weighted by Crippen LogP contribution is 2.30. The molecule has 1 aromatic rings. The van der Waals surface area contributed by atoms with E-state index in [-0.39, 0.29) is 0 Å². The summed E-state index contributed by atoms with van der Waals surface area (Å²) in [4.78, 5) is 2.55. The van der Waals surface area contributed by atoms with Crippen LogP contribution < -0.4 is 10.2 Å². The van der Waals surface area contributed by atoms with Crippen molar-refractivity contribution in [2.75, 3.05) is 18.0 Å². The Morgan fingerprint density at radius 2 is 1.74 bits per heavy atom. The van der Waals surface area contributed by atoms with E-state index in [1.165, 1.54) is 62.9 Å². The summed E-state index contributed by atoms with van der Waals surface area (Å²) in [6, 6.07) is 8.93. The van der Waals surface area contributed by atoms with Crippen LogP contribution >= 0.6 is 0 Å². The monoisotopic (exact) mass is 258 g/mol. The molecule has 0 amide bonds. The van der Waals surface area contributed by atoms with E-state index < -0.39 is 0 Å². The molecular weight excluding hydrogens is 232 g/mol. The normalized spacial score (nSPS) is 22.1. The average Bonchev–Trinajstić information content (AvgIpc) is 3.09. The number of anilines is 1. The third-order valence-corrected chi connectivity index (χ3v) is 4.85. The van der Waals surface area contributed by atoms with E-state index >= 15 is 0 Å². The lowest BCUT2D eigenvalue weighted by Crippen LogP contribution is -2.39. The summed E-state index contributed by atoms with van der Waals surface area (Å²) in [5.74, 6) is 0. The van der Waals surface area contributed by atoms with E-state index in [0.29, 0.717) is 5.54 Å². The van der Waals surface area contributed by atoms with Gasteiger partial charge in [-0.05, 0) is 44.2 Å². The maximum Gasteiger partial charge on any atom is 0.0411 e. The molecule has 1 aromatic carbocycles. The summed E-state index contributed by atoms with van der Waals surface area (Å²) in [7, 11) is 0. The zero-order valence-corrected chi connectivity index (χ0v) is 12.1. The Kier molecular flexibility index (Phi) is 3.79. The Bertz CT molecular complexity index is 415. The smallest absolute Gasteiger partial charge is 0.0411 e. The molecule has 0 bridgehead atoms. The zero-order valence-electron chi connectivity index (χ0n) is 12.1. The highest BCUT2D eigenvalue weighted by Gasteiger charge is 2.28. The molecule has 0 aromatic heterocycles. The molecule has 1 saturated carbocycles. The van der Waals surface area contributed by atoms with Crippen LogP contribution in [-0.4, -0.2) is 18.6 Å². The number of hydrogen-bond acceptors (Lipinski definition) is 2. The predicted molar refractivity (Wildman–Crippen MR) is 81.6 cm³/mol. The molecule has 1 saturated heterocycles. The van der Waals surface area contributed by atoms with Gasteiger partial charge in [-0.1, -0.05) is 31.0 Å². The molecule has 0 radical (unpaired) electrons. The van der Waals surface area contributed by atoms with Crippen LogP contribution in [0.1, 0.15) is 51.0 Å². The van der Waals surface area contributed by atoms with E-state index in [1.807, 2.05) is 0 Å². The van der Waals surface area contributed by atoms with Gasteiger partial charge in [0.1, 0.15) is 0 Å². The molecule has 1 N–H and O–H groups in total. The first-order valence-electron chi connectivity index (χ1n) is 7.85. The van der Waals surface area contributed by atoms with E-state index in [2.05, 4.69) is 41.4 Å². The van der Waals surface area contributed by atoms with Crippen molar-refractivity contribution in [1.29, 1.82) is 0 Å². The maximum absolute atomic E-state index is 3.81. The van der Waals surface area contributed by atoms with Crippen molar-refractivity contribution >= 4 is 5.69 Å². The minimum Gasteiger partial charge on any atom is -0.371 e. The SMILES string of the molecule is CC1(NCc2ccccc2N2CCCC2)CCCC1. The Labute approximate surface area is 117 Å². The molecule has 3 rings (SSSR count). The van der Waals surface area contributed by atoms with Gasteiger partial charge >= 0.3 is 0 Å². The molecule has 2 nitrogen and oxygen atoms in total. The fourth-order valence-electron chi connectivity index (χ4n) is 3.57. The second-order valence-corrected chi connectivity index (χ2v) is 6.44. The number of nitrogens with zero attached hydrogens (tertiary/aromatic N) is 1. The first kappa shape index (κ1) is 13.0. The Balaban J connectivity index is 1.69. The predicted octanol–water partition coefficient (Wildman–Crippen LogP) is 3.71. The van der Waals surface area contributed by atoms with Gasteiger partial charge in [0.25, 0.3) is 0 Å². The number of hydrogen-bond donors (Lipinski definition) is 1. The van der Waals surface area contributed by atoms with Crippen LogP contribution in [0.2, 0.25) is 0 Å². The Morgan fingerprint density at radius 3 is 2.47 bits per heavy atom. The summed E-state index contributed by atoms with van der Waals surface area (Å²) in [5.41, 5.74) is 3.30. The first-order chi connectivity index (χ1) is 9.27. The van der Waals surface area contributed by atoms with Crippen LogP contribution in [0.3, 0.4) is 0 Å². The molecule has 2 aliphatic rings. The van der Waals surface area contributed by atoms with Gasteiger partial charge in [-0.15, -0.1) is 0 Å². The molecular formula is C17H26N2. The van der Waals surface area contributed by atoms with Crippen LogP contribution in [0, 0.1) is 0 Å². The van der Waals surface area contributed by atoms with Gasteiger partial charge in [-0.25, -0.2) is 0 Å². The minimum atomic E-state index is 0.373. The highest BCUT2D eigenvalue weighted by atomic mass is 15.1. The van der Waals surface area contributed by atoms with Gasteiger partial charge in [0.05, 0.1) is 0 Å². The van der Waals surface area contributed by atoms with Crippen LogP contribution in [0.15, 0.2) is 24.3 Å². The summed E-state index contributed by atoms with van der Waals surface area (Å²) >= 11 is 0. The van der Waals surface area contributed by atoms with Gasteiger partial charge < -0.3 is 10.2 Å². The van der Waals surface area contributed by atoms with Crippen molar-refractivity contribution < 1.29 is 0 Å². The van der Waals surface area contributed by atoms with Crippen molar-refractivity contribution in [3.8, 4) is 0 Å². The summed E-state index contributed by atoms with van der Waals surface area (Å²) in [5, 5.41) is 3.81. The second-order valence-electron chi connectivity index (χ2n) is 6.44. The Morgan fingerprint density at radius 1 is 1.05 bits per heavy atom. The highest BCUT2D eigenvalue weighted by molar-refractivity contribution is 5.54. The quantitative estimate of drug-likeness (QED) is 0.885. The van der Waals surface area contributed by atoms with Crippen molar-refractivity contribution in [1.82, 2.24) is 5.32 Å². The topological polar surface area (TPSA) is 15.3 Å². The summed E-state index contributed by atoms with van der Waals surface area (Å²) in [6.45, 7) is 5.87. The zero-order chi connectivity index (χ0) is 13.1. The van der Waals surface area contributed by atoms with Gasteiger partial charge in [0, 0.05) is 30.9 Å². The van der Waals surface area contributed by atoms with Crippen LogP contribution in [-0.2, 0) is 6.54 Å². The average molecular weight is 258 g/mol. The molecule has 1 aliphatic heterocycles. The number of nitrogens with one attached hydrogen (secondary N) is 1. The fourth-order valence-corrected chi connectivity index (χ4v) is 3.57. The fraction of sp³-hybridized carbons (Fsp3) is 0.647. The van der Waals surface area contributed by atoms with Gasteiger partial charge in [-0.2, -0.15) is 0 Å². The molecule has 1 aliphatic carbocycles. The number of benzene rings is 1. The molecule has 0 spiro atoms. The van der Waals surface area contributed by atoms with Crippen LogP contribution in [0.25, 0.3) is 0 Å². The molecule has 1 heterocycles. The molecule has 0 unspecified atom stereocenters. The van der Waals surface area contributed by atoms with Crippen molar-refractivity contribution in [2.45, 2.75) is 57.5 Å². The lowest BCUT2D eigenvalue weighted by Gasteiger charge is -2.27. The minimum absolute atomic E-state index is 0.373. The summed E-state index contributed by atoms with van der Waals surface area (Å²) in [6.07, 6.45) is 8.13. The summed E-state index contributed by atoms with van der Waals surface area (Å²) < 4.78 is 0. The molecule has 2 heteroatoms. The van der Waals surface area contributed by atoms with Crippen molar-refractivity contribution in [3.63, 3.8) is 0 Å². The lowest BCUT2D eigenvalue weighted by atomic mass is 10.00. The third kappa shape index (κ3) is 2.94. The van der Waals surface area contributed by atoms with E-state index in [0.717, 1.165) is 6.54 Å². The van der Waals surface area contributed by atoms with Gasteiger partial charge in [-0.3, -0.25) is 0 Å². The third-order valence-electron chi connectivity index (χ3n) is 4.85. The largest absolute Gasteiger partial charge is 0.371 e. The first-order valence-corrected chi connectivity index (χ1v) is 7.85. The van der Waals surface area contributed by atoms with Crippen molar-refractivity contribution in [2.24, 2.45) is 0 Å². The van der Waals surface area contributed by atoms with E-state index in [1.54, 1.807) is 0 Å². The number of rotatable bonds is 4.